The van der Waals surface area contributed by atoms with Crippen LogP contribution >= 0.6 is 11.8 Å². The van der Waals surface area contributed by atoms with Gasteiger partial charge < -0.3 is 10.1 Å². The van der Waals surface area contributed by atoms with Crippen LogP contribution in [0.4, 0.5) is 13.2 Å². The lowest BCUT2D eigenvalue weighted by Gasteiger charge is -2.10. The molecule has 120 valence electrons. The predicted octanol–water partition coefficient (Wildman–Crippen LogP) is 4.60. The molecule has 1 aromatic carbocycles. The monoisotopic (exact) mass is 321 g/mol. The van der Waals surface area contributed by atoms with Gasteiger partial charge >= 0.3 is 6.36 Å². The smallest absolute Gasteiger partial charge is 0.406 e. The number of unbranched alkanes of at least 4 members (excludes halogenated alkanes) is 3. The van der Waals surface area contributed by atoms with Gasteiger partial charge in [0.2, 0.25) is 0 Å². The molecular weight excluding hydrogens is 299 g/mol. The quantitative estimate of drug-likeness (QED) is 0.637. The summed E-state index contributed by atoms with van der Waals surface area (Å²) < 4.78 is 40.2. The van der Waals surface area contributed by atoms with E-state index in [-0.39, 0.29) is 5.75 Å². The number of hydrogen-bond acceptors (Lipinski definition) is 3. The SMILES string of the molecule is CSCCCCCCNCc1cccc(OC(F)(F)F)c1. The minimum atomic E-state index is -4.64. The van der Waals surface area contributed by atoms with Crippen LogP contribution in [0.15, 0.2) is 24.3 Å². The maximum Gasteiger partial charge on any atom is 0.573 e. The molecule has 0 aromatic heterocycles. The molecule has 0 unspecified atom stereocenters. The largest absolute Gasteiger partial charge is 0.573 e. The van der Waals surface area contributed by atoms with Crippen molar-refractivity contribution in [2.45, 2.75) is 38.6 Å². The molecule has 0 radical (unpaired) electrons. The summed E-state index contributed by atoms with van der Waals surface area (Å²) in [7, 11) is 0. The van der Waals surface area contributed by atoms with E-state index >= 15 is 0 Å². The summed E-state index contributed by atoms with van der Waals surface area (Å²) in [6.07, 6.45) is 2.23. The molecule has 21 heavy (non-hydrogen) atoms. The lowest BCUT2D eigenvalue weighted by molar-refractivity contribution is -0.274. The fourth-order valence-electron chi connectivity index (χ4n) is 1.94. The first-order chi connectivity index (χ1) is 10.0. The van der Waals surface area contributed by atoms with E-state index in [4.69, 9.17) is 0 Å². The second-order valence-electron chi connectivity index (χ2n) is 4.78. The van der Waals surface area contributed by atoms with Gasteiger partial charge in [0.15, 0.2) is 0 Å². The van der Waals surface area contributed by atoms with Crippen molar-refractivity contribution in [2.24, 2.45) is 0 Å². The Morgan fingerprint density at radius 2 is 1.90 bits per heavy atom. The van der Waals surface area contributed by atoms with Crippen molar-refractivity contribution in [1.82, 2.24) is 5.32 Å². The van der Waals surface area contributed by atoms with Crippen molar-refractivity contribution in [3.8, 4) is 5.75 Å². The number of ether oxygens (including phenoxy) is 1. The Balaban J connectivity index is 2.19. The molecule has 0 saturated heterocycles. The summed E-state index contributed by atoms with van der Waals surface area (Å²) in [6.45, 7) is 1.43. The molecule has 1 N–H and O–H groups in total. The molecule has 0 saturated carbocycles. The van der Waals surface area contributed by atoms with Crippen LogP contribution in [0.3, 0.4) is 0 Å². The second kappa shape index (κ2) is 9.95. The zero-order valence-electron chi connectivity index (χ0n) is 12.2. The Hall–Kier alpha value is -0.880. The highest BCUT2D eigenvalue weighted by Gasteiger charge is 2.31. The summed E-state index contributed by atoms with van der Waals surface area (Å²) in [5, 5.41) is 3.24. The highest BCUT2D eigenvalue weighted by Crippen LogP contribution is 2.23. The standard InChI is InChI=1S/C15H22F3NOS/c1-21-10-5-3-2-4-9-19-12-13-7-6-8-14(11-13)20-15(16,17)18/h6-8,11,19H,2-5,9-10,12H2,1H3. The van der Waals surface area contributed by atoms with E-state index < -0.39 is 6.36 Å². The first-order valence-electron chi connectivity index (χ1n) is 7.05. The van der Waals surface area contributed by atoms with Crippen LogP contribution in [0, 0.1) is 0 Å². The minimum Gasteiger partial charge on any atom is -0.406 e. The molecule has 0 aliphatic heterocycles. The molecular formula is C15H22F3NOS. The average Bonchev–Trinajstić information content (AvgIpc) is 2.40. The van der Waals surface area contributed by atoms with Gasteiger partial charge in [-0.05, 0) is 49.1 Å². The third-order valence-corrected chi connectivity index (χ3v) is 3.61. The van der Waals surface area contributed by atoms with Crippen LogP contribution in [0.25, 0.3) is 0 Å². The third-order valence-electron chi connectivity index (χ3n) is 2.91. The number of rotatable bonds is 10. The molecule has 0 heterocycles. The highest BCUT2D eigenvalue weighted by molar-refractivity contribution is 7.98. The molecule has 6 heteroatoms. The van der Waals surface area contributed by atoms with Crippen molar-refractivity contribution in [3.63, 3.8) is 0 Å². The summed E-state index contributed by atoms with van der Waals surface area (Å²) in [5.41, 5.74) is 0.791. The Bertz CT molecular complexity index is 399. The third kappa shape index (κ3) is 9.63. The zero-order chi connectivity index (χ0) is 15.6. The van der Waals surface area contributed by atoms with Gasteiger partial charge in [0.25, 0.3) is 0 Å². The lowest BCUT2D eigenvalue weighted by atomic mass is 10.2. The fraction of sp³-hybridized carbons (Fsp3) is 0.600. The van der Waals surface area contributed by atoms with Gasteiger partial charge in [0, 0.05) is 6.54 Å². The van der Waals surface area contributed by atoms with E-state index in [0.717, 1.165) is 18.5 Å². The first-order valence-corrected chi connectivity index (χ1v) is 8.45. The van der Waals surface area contributed by atoms with Gasteiger partial charge in [-0.2, -0.15) is 11.8 Å². The van der Waals surface area contributed by atoms with Crippen molar-refractivity contribution in [3.05, 3.63) is 29.8 Å². The van der Waals surface area contributed by atoms with E-state index in [9.17, 15) is 13.2 Å². The molecule has 0 bridgehead atoms. The van der Waals surface area contributed by atoms with Crippen molar-refractivity contribution in [2.75, 3.05) is 18.6 Å². The molecule has 0 fully saturated rings. The lowest BCUT2D eigenvalue weighted by Crippen LogP contribution is -2.18. The number of alkyl halides is 3. The van der Waals surface area contributed by atoms with Crippen LogP contribution in [-0.4, -0.2) is 24.9 Å². The average molecular weight is 321 g/mol. The molecule has 2 nitrogen and oxygen atoms in total. The minimum absolute atomic E-state index is 0.168. The zero-order valence-corrected chi connectivity index (χ0v) is 13.0. The molecule has 0 spiro atoms. The summed E-state index contributed by atoms with van der Waals surface area (Å²) in [5.74, 6) is 1.04. The number of halogens is 3. The van der Waals surface area contributed by atoms with Crippen LogP contribution < -0.4 is 10.1 Å². The molecule has 0 aliphatic rings. The van der Waals surface area contributed by atoms with Crippen molar-refractivity contribution >= 4 is 11.8 Å². The summed E-state index contributed by atoms with van der Waals surface area (Å²) in [4.78, 5) is 0. The summed E-state index contributed by atoms with van der Waals surface area (Å²) in [6, 6.07) is 6.08. The van der Waals surface area contributed by atoms with E-state index in [1.165, 1.54) is 37.1 Å². The number of hydrogen-bond donors (Lipinski definition) is 1. The van der Waals surface area contributed by atoms with Gasteiger partial charge in [-0.3, -0.25) is 0 Å². The number of benzene rings is 1. The van der Waals surface area contributed by atoms with Gasteiger partial charge in [-0.25, -0.2) is 0 Å². The maximum atomic E-state index is 12.1. The molecule has 0 aliphatic carbocycles. The second-order valence-corrected chi connectivity index (χ2v) is 5.76. The van der Waals surface area contributed by atoms with Crippen LogP contribution in [-0.2, 0) is 6.54 Å². The van der Waals surface area contributed by atoms with Crippen LogP contribution in [0.1, 0.15) is 31.2 Å². The van der Waals surface area contributed by atoms with E-state index in [1.54, 1.807) is 12.1 Å². The van der Waals surface area contributed by atoms with Gasteiger partial charge in [-0.1, -0.05) is 25.0 Å². The predicted molar refractivity (Wildman–Crippen MR) is 81.7 cm³/mol. The molecule has 0 amide bonds. The number of thioether (sulfide) groups is 1. The van der Waals surface area contributed by atoms with Crippen LogP contribution in [0.2, 0.25) is 0 Å². The molecule has 0 atom stereocenters. The summed E-state index contributed by atoms with van der Waals surface area (Å²) >= 11 is 1.86. The first kappa shape index (κ1) is 18.2. The topological polar surface area (TPSA) is 21.3 Å². The van der Waals surface area contributed by atoms with Gasteiger partial charge in [0.05, 0.1) is 0 Å². The van der Waals surface area contributed by atoms with Crippen LogP contribution in [0.5, 0.6) is 5.75 Å². The molecule has 1 rings (SSSR count). The Morgan fingerprint density at radius 3 is 2.62 bits per heavy atom. The van der Waals surface area contributed by atoms with E-state index in [0.29, 0.717) is 6.54 Å². The Kier molecular flexibility index (Phi) is 8.61. The van der Waals surface area contributed by atoms with Crippen molar-refractivity contribution in [1.29, 1.82) is 0 Å². The Labute approximate surface area is 128 Å². The van der Waals surface area contributed by atoms with Gasteiger partial charge in [0.1, 0.15) is 5.75 Å². The normalized spacial score (nSPS) is 11.6. The maximum absolute atomic E-state index is 12.1. The molecule has 1 aromatic rings. The van der Waals surface area contributed by atoms with E-state index in [1.807, 2.05) is 11.8 Å². The van der Waals surface area contributed by atoms with Gasteiger partial charge in [-0.15, -0.1) is 13.2 Å². The fourth-order valence-corrected chi connectivity index (χ4v) is 2.43. The number of nitrogens with one attached hydrogen (secondary N) is 1. The van der Waals surface area contributed by atoms with E-state index in [2.05, 4.69) is 16.3 Å². The Morgan fingerprint density at radius 1 is 1.14 bits per heavy atom. The highest BCUT2D eigenvalue weighted by atomic mass is 32.2. The van der Waals surface area contributed by atoms with Crippen molar-refractivity contribution < 1.29 is 17.9 Å².